The molecule has 25 heavy (non-hydrogen) atoms. The van der Waals surface area contributed by atoms with Gasteiger partial charge in [0.25, 0.3) is 5.91 Å². The minimum atomic E-state index is -0.167. The number of aliphatic hydroxyl groups is 1. The lowest BCUT2D eigenvalue weighted by molar-refractivity contribution is 0.0897. The van der Waals surface area contributed by atoms with Crippen LogP contribution in [-0.4, -0.2) is 40.7 Å². The lowest BCUT2D eigenvalue weighted by atomic mass is 10.1. The van der Waals surface area contributed by atoms with Crippen LogP contribution in [0.25, 0.3) is 11.0 Å². The summed E-state index contributed by atoms with van der Waals surface area (Å²) >= 11 is 0. The summed E-state index contributed by atoms with van der Waals surface area (Å²) in [5.41, 5.74) is 3.12. The van der Waals surface area contributed by atoms with Gasteiger partial charge < -0.3 is 20.1 Å². The van der Waals surface area contributed by atoms with Gasteiger partial charge in [0, 0.05) is 12.7 Å². The summed E-state index contributed by atoms with van der Waals surface area (Å²) in [6.07, 6.45) is 0.696. The van der Waals surface area contributed by atoms with Gasteiger partial charge in [-0.1, -0.05) is 30.3 Å². The summed E-state index contributed by atoms with van der Waals surface area (Å²) in [4.78, 5) is 19.8. The number of rotatable bonds is 7. The average molecular weight is 339 g/mol. The number of hydrogen-bond donors (Lipinski definition) is 3. The summed E-state index contributed by atoms with van der Waals surface area (Å²) in [6.45, 7) is 0.269. The summed E-state index contributed by atoms with van der Waals surface area (Å²) in [5, 5.41) is 12.2. The second-order valence-electron chi connectivity index (χ2n) is 5.89. The van der Waals surface area contributed by atoms with E-state index in [-0.39, 0.29) is 18.6 Å². The largest absolute Gasteiger partial charge is 0.388 e. The van der Waals surface area contributed by atoms with Crippen molar-refractivity contribution < 1.29 is 14.6 Å². The number of aliphatic hydroxyl groups excluding tert-OH is 1. The second-order valence-corrected chi connectivity index (χ2v) is 5.89. The molecule has 1 atom stereocenters. The number of methoxy groups -OCH3 is 1. The number of aromatic nitrogens is 2. The number of hydrogen-bond acceptors (Lipinski definition) is 4. The fourth-order valence-corrected chi connectivity index (χ4v) is 2.80. The number of nitrogens with zero attached hydrogens (tertiary/aromatic N) is 1. The monoisotopic (exact) mass is 339 g/mol. The zero-order chi connectivity index (χ0) is 17.6. The Morgan fingerprint density at radius 1 is 1.28 bits per heavy atom. The Labute approximate surface area is 145 Å². The van der Waals surface area contributed by atoms with Gasteiger partial charge in [-0.2, -0.15) is 0 Å². The van der Waals surface area contributed by atoms with Crippen LogP contribution in [0.4, 0.5) is 0 Å². The Kier molecular flexibility index (Phi) is 5.42. The molecule has 2 aromatic carbocycles. The van der Waals surface area contributed by atoms with E-state index < -0.39 is 0 Å². The van der Waals surface area contributed by atoms with Crippen molar-refractivity contribution in [1.82, 2.24) is 15.3 Å². The fraction of sp³-hybridized carbons (Fsp3) is 0.263. The van der Waals surface area contributed by atoms with E-state index in [1.165, 1.54) is 0 Å². The molecule has 0 unspecified atom stereocenters. The minimum absolute atomic E-state index is 0.120. The molecule has 3 rings (SSSR count). The molecule has 1 heterocycles. The van der Waals surface area contributed by atoms with Crippen molar-refractivity contribution in [2.45, 2.75) is 19.1 Å². The molecule has 6 heteroatoms. The Morgan fingerprint density at radius 3 is 2.80 bits per heavy atom. The van der Waals surface area contributed by atoms with Gasteiger partial charge in [0.1, 0.15) is 12.4 Å². The van der Waals surface area contributed by atoms with E-state index in [1.807, 2.05) is 30.3 Å². The number of nitrogens with one attached hydrogen (secondary N) is 2. The predicted octanol–water partition coefficient (Wildman–Crippen LogP) is 2.04. The van der Waals surface area contributed by atoms with Crippen molar-refractivity contribution >= 4 is 16.9 Å². The zero-order valence-electron chi connectivity index (χ0n) is 14.0. The molecule has 0 spiro atoms. The van der Waals surface area contributed by atoms with Crippen LogP contribution in [0.1, 0.15) is 21.7 Å². The van der Waals surface area contributed by atoms with E-state index in [1.54, 1.807) is 25.3 Å². The highest BCUT2D eigenvalue weighted by atomic mass is 16.5. The zero-order valence-corrected chi connectivity index (χ0v) is 14.0. The third-order valence-electron chi connectivity index (χ3n) is 3.97. The highest BCUT2D eigenvalue weighted by Crippen LogP contribution is 2.14. The Bertz CT molecular complexity index is 846. The maximum absolute atomic E-state index is 12.6. The van der Waals surface area contributed by atoms with E-state index in [9.17, 15) is 4.79 Å². The van der Waals surface area contributed by atoms with E-state index in [2.05, 4.69) is 15.3 Å². The number of carbonyl (C=O) groups is 1. The van der Waals surface area contributed by atoms with Crippen LogP contribution in [0.5, 0.6) is 0 Å². The van der Waals surface area contributed by atoms with Gasteiger partial charge in [-0.05, 0) is 30.2 Å². The van der Waals surface area contributed by atoms with Crippen molar-refractivity contribution in [2.24, 2.45) is 0 Å². The quantitative estimate of drug-likeness (QED) is 0.615. The van der Waals surface area contributed by atoms with Crippen LogP contribution < -0.4 is 5.32 Å². The van der Waals surface area contributed by atoms with Crippen LogP contribution in [0.15, 0.2) is 48.5 Å². The second kappa shape index (κ2) is 7.92. The molecule has 1 amide bonds. The van der Waals surface area contributed by atoms with E-state index >= 15 is 0 Å². The Balaban J connectivity index is 1.74. The van der Waals surface area contributed by atoms with Crippen LogP contribution in [0, 0.1) is 0 Å². The van der Waals surface area contributed by atoms with E-state index in [0.717, 1.165) is 16.6 Å². The third-order valence-corrected chi connectivity index (χ3v) is 3.97. The van der Waals surface area contributed by atoms with Crippen molar-refractivity contribution in [1.29, 1.82) is 0 Å². The molecule has 0 bridgehead atoms. The van der Waals surface area contributed by atoms with E-state index in [4.69, 9.17) is 9.84 Å². The highest BCUT2D eigenvalue weighted by Gasteiger charge is 2.15. The van der Waals surface area contributed by atoms with Crippen molar-refractivity contribution in [3.63, 3.8) is 0 Å². The molecular formula is C19H21N3O3. The van der Waals surface area contributed by atoms with Gasteiger partial charge >= 0.3 is 0 Å². The summed E-state index contributed by atoms with van der Waals surface area (Å²) < 4.78 is 5.24. The predicted molar refractivity (Wildman–Crippen MR) is 95.3 cm³/mol. The minimum Gasteiger partial charge on any atom is -0.388 e. The molecule has 3 aromatic rings. The van der Waals surface area contributed by atoms with Crippen LogP contribution >= 0.6 is 0 Å². The first-order valence-electron chi connectivity index (χ1n) is 8.13. The van der Waals surface area contributed by atoms with Crippen LogP contribution in [0.3, 0.4) is 0 Å². The number of fused-ring (bicyclic) bond motifs is 1. The lowest BCUT2D eigenvalue weighted by Crippen LogP contribution is -2.39. The molecule has 130 valence electrons. The number of ether oxygens (including phenoxy) is 1. The first-order chi connectivity index (χ1) is 12.2. The molecule has 0 fully saturated rings. The summed E-state index contributed by atoms with van der Waals surface area (Å²) in [5.74, 6) is 0.314. The SMILES string of the molecule is COC[C@H](Cc1ccccc1)NC(=O)c1ccc2nc(CO)[nH]c2c1. The summed E-state index contributed by atoms with van der Waals surface area (Å²) in [6, 6.07) is 15.1. The molecule has 3 N–H and O–H groups in total. The fourth-order valence-electron chi connectivity index (χ4n) is 2.80. The van der Waals surface area contributed by atoms with Gasteiger partial charge in [-0.3, -0.25) is 4.79 Å². The average Bonchev–Trinajstić information content (AvgIpc) is 3.05. The molecule has 6 nitrogen and oxygen atoms in total. The molecule has 1 aromatic heterocycles. The van der Waals surface area contributed by atoms with Gasteiger partial charge in [0.2, 0.25) is 0 Å². The Morgan fingerprint density at radius 2 is 2.08 bits per heavy atom. The number of carbonyl (C=O) groups excluding carboxylic acids is 1. The number of benzene rings is 2. The third kappa shape index (κ3) is 4.23. The molecule has 0 saturated heterocycles. The van der Waals surface area contributed by atoms with Crippen LogP contribution in [0.2, 0.25) is 0 Å². The van der Waals surface area contributed by atoms with Crippen molar-refractivity contribution in [3.8, 4) is 0 Å². The molecule has 0 saturated carbocycles. The van der Waals surface area contributed by atoms with Gasteiger partial charge in [0.15, 0.2) is 0 Å². The van der Waals surface area contributed by atoms with E-state index in [0.29, 0.717) is 24.4 Å². The molecule has 0 radical (unpaired) electrons. The molecule has 0 aliphatic carbocycles. The number of imidazole rings is 1. The van der Waals surface area contributed by atoms with Gasteiger partial charge in [-0.25, -0.2) is 4.98 Å². The molecule has 0 aliphatic heterocycles. The summed E-state index contributed by atoms with van der Waals surface area (Å²) in [7, 11) is 1.62. The van der Waals surface area contributed by atoms with Gasteiger partial charge in [0.05, 0.1) is 23.7 Å². The molecular weight excluding hydrogens is 318 g/mol. The normalized spacial score (nSPS) is 12.2. The highest BCUT2D eigenvalue weighted by molar-refractivity contribution is 5.97. The Hall–Kier alpha value is -2.70. The van der Waals surface area contributed by atoms with Gasteiger partial charge in [-0.15, -0.1) is 0 Å². The maximum atomic E-state index is 12.6. The topological polar surface area (TPSA) is 87.2 Å². The lowest BCUT2D eigenvalue weighted by Gasteiger charge is -2.18. The first-order valence-corrected chi connectivity index (χ1v) is 8.13. The number of H-pyrrole nitrogens is 1. The molecule has 0 aliphatic rings. The van der Waals surface area contributed by atoms with Crippen molar-refractivity contribution in [2.75, 3.05) is 13.7 Å². The van der Waals surface area contributed by atoms with Crippen LogP contribution in [-0.2, 0) is 17.8 Å². The standard InChI is InChI=1S/C19H21N3O3/c1-25-12-15(9-13-5-3-2-4-6-13)20-19(24)14-7-8-16-17(10-14)22-18(11-23)21-16/h2-8,10,15,23H,9,11-12H2,1H3,(H,20,24)(H,21,22)/t15-/m0/s1. The number of amides is 1. The van der Waals surface area contributed by atoms with Crippen molar-refractivity contribution in [3.05, 3.63) is 65.5 Å². The smallest absolute Gasteiger partial charge is 0.251 e. The maximum Gasteiger partial charge on any atom is 0.251 e. The first kappa shape index (κ1) is 17.1. The number of aromatic amines is 1.